The molecule has 1 saturated heterocycles. The van der Waals surface area contributed by atoms with E-state index in [1.54, 1.807) is 0 Å². The number of benzene rings is 1. The highest BCUT2D eigenvalue weighted by molar-refractivity contribution is 5.94. The summed E-state index contributed by atoms with van der Waals surface area (Å²) in [5.74, 6) is -0.0638. The van der Waals surface area contributed by atoms with E-state index >= 15 is 0 Å². The minimum absolute atomic E-state index is 0.0895. The van der Waals surface area contributed by atoms with Crippen molar-refractivity contribution >= 4 is 17.5 Å². The van der Waals surface area contributed by atoms with E-state index in [-0.39, 0.29) is 11.8 Å². The van der Waals surface area contributed by atoms with E-state index in [4.69, 9.17) is 4.84 Å². The monoisotopic (exact) mass is 329 g/mol. The zero-order valence-corrected chi connectivity index (χ0v) is 14.0. The minimum Gasteiger partial charge on any atom is -0.382 e. The molecule has 0 radical (unpaired) electrons. The normalized spacial score (nSPS) is 19.8. The van der Waals surface area contributed by atoms with E-state index in [0.29, 0.717) is 18.5 Å². The van der Waals surface area contributed by atoms with Crippen molar-refractivity contribution in [2.75, 3.05) is 13.1 Å². The van der Waals surface area contributed by atoms with Gasteiger partial charge in [-0.05, 0) is 37.0 Å². The standard InChI is InChI=1S/C18H23N3O3/c1-2-15-11-16(24-20-15)17(22)19-12-13-5-7-14(8-6-13)18(23)21-9-3-4-10-21/h5-8,16H,2-4,9-12H2,1H3,(H,19,22). The minimum atomic E-state index is -0.518. The van der Waals surface area contributed by atoms with Gasteiger partial charge in [0, 0.05) is 31.6 Å². The Bertz CT molecular complexity index is 633. The maximum atomic E-state index is 12.3. The van der Waals surface area contributed by atoms with Crippen LogP contribution in [0.2, 0.25) is 0 Å². The molecule has 1 aromatic carbocycles. The summed E-state index contributed by atoms with van der Waals surface area (Å²) < 4.78 is 0. The van der Waals surface area contributed by atoms with E-state index in [0.717, 1.165) is 43.6 Å². The van der Waals surface area contributed by atoms with Crippen LogP contribution in [0.3, 0.4) is 0 Å². The average Bonchev–Trinajstić information content (AvgIpc) is 3.30. The summed E-state index contributed by atoms with van der Waals surface area (Å²) in [4.78, 5) is 31.4. The highest BCUT2D eigenvalue weighted by Crippen LogP contribution is 2.15. The molecule has 1 unspecified atom stereocenters. The Morgan fingerprint density at radius 3 is 2.58 bits per heavy atom. The molecule has 1 aromatic rings. The van der Waals surface area contributed by atoms with Gasteiger partial charge in [0.25, 0.3) is 11.8 Å². The first-order valence-corrected chi connectivity index (χ1v) is 8.55. The van der Waals surface area contributed by atoms with E-state index < -0.39 is 6.10 Å². The Hall–Kier alpha value is -2.37. The highest BCUT2D eigenvalue weighted by Gasteiger charge is 2.26. The summed E-state index contributed by atoms with van der Waals surface area (Å²) in [6.45, 7) is 4.10. The lowest BCUT2D eigenvalue weighted by atomic mass is 10.1. The number of hydrogen-bond donors (Lipinski definition) is 1. The quantitative estimate of drug-likeness (QED) is 0.899. The van der Waals surface area contributed by atoms with Crippen molar-refractivity contribution in [3.63, 3.8) is 0 Å². The summed E-state index contributed by atoms with van der Waals surface area (Å²) in [5, 5.41) is 6.75. The van der Waals surface area contributed by atoms with Crippen molar-refractivity contribution < 1.29 is 14.4 Å². The van der Waals surface area contributed by atoms with Gasteiger partial charge in [-0.3, -0.25) is 9.59 Å². The number of hydrogen-bond acceptors (Lipinski definition) is 4. The number of nitrogens with zero attached hydrogens (tertiary/aromatic N) is 2. The first kappa shape index (κ1) is 16.5. The second-order valence-electron chi connectivity index (χ2n) is 6.22. The maximum absolute atomic E-state index is 12.3. The SMILES string of the molecule is CCC1=NOC(C(=O)NCc2ccc(C(=O)N3CCCC3)cc2)C1. The van der Waals surface area contributed by atoms with Crippen LogP contribution >= 0.6 is 0 Å². The van der Waals surface area contributed by atoms with Gasteiger partial charge in [-0.2, -0.15) is 0 Å². The molecule has 6 nitrogen and oxygen atoms in total. The van der Waals surface area contributed by atoms with Crippen LogP contribution in [0.1, 0.15) is 48.5 Å². The molecule has 0 bridgehead atoms. The Morgan fingerprint density at radius 2 is 1.96 bits per heavy atom. The van der Waals surface area contributed by atoms with Crippen molar-refractivity contribution in [3.8, 4) is 0 Å². The predicted octanol–water partition coefficient (Wildman–Crippen LogP) is 2.09. The second kappa shape index (κ2) is 7.47. The molecule has 2 amide bonds. The zero-order valence-electron chi connectivity index (χ0n) is 14.0. The molecule has 0 aliphatic carbocycles. The Labute approximate surface area is 141 Å². The van der Waals surface area contributed by atoms with E-state index in [9.17, 15) is 9.59 Å². The van der Waals surface area contributed by atoms with Gasteiger partial charge in [0.15, 0.2) is 0 Å². The predicted molar refractivity (Wildman–Crippen MR) is 90.6 cm³/mol. The van der Waals surface area contributed by atoms with Gasteiger partial charge in [0.1, 0.15) is 0 Å². The number of amides is 2. The number of rotatable bonds is 5. The lowest BCUT2D eigenvalue weighted by Crippen LogP contribution is -2.34. The first-order chi connectivity index (χ1) is 11.7. The van der Waals surface area contributed by atoms with Gasteiger partial charge in [-0.25, -0.2) is 0 Å². The van der Waals surface area contributed by atoms with Gasteiger partial charge in [0.2, 0.25) is 6.10 Å². The summed E-state index contributed by atoms with van der Waals surface area (Å²) in [6, 6.07) is 7.42. The van der Waals surface area contributed by atoms with Gasteiger partial charge in [0.05, 0.1) is 5.71 Å². The number of oxime groups is 1. The van der Waals surface area contributed by atoms with Crippen LogP contribution in [-0.2, 0) is 16.2 Å². The Balaban J connectivity index is 1.49. The largest absolute Gasteiger partial charge is 0.382 e. The van der Waals surface area contributed by atoms with E-state index in [1.807, 2.05) is 36.1 Å². The molecule has 1 fully saturated rings. The van der Waals surface area contributed by atoms with Crippen LogP contribution in [0.4, 0.5) is 0 Å². The van der Waals surface area contributed by atoms with Gasteiger partial charge < -0.3 is 15.1 Å². The van der Waals surface area contributed by atoms with Crippen LogP contribution in [-0.4, -0.2) is 41.6 Å². The Morgan fingerprint density at radius 1 is 1.25 bits per heavy atom. The molecule has 3 rings (SSSR count). The molecule has 0 spiro atoms. The van der Waals surface area contributed by atoms with Crippen LogP contribution in [0.5, 0.6) is 0 Å². The maximum Gasteiger partial charge on any atom is 0.264 e. The topological polar surface area (TPSA) is 71.0 Å². The molecule has 2 heterocycles. The van der Waals surface area contributed by atoms with Crippen LogP contribution in [0.25, 0.3) is 0 Å². The molecule has 1 atom stereocenters. The fraction of sp³-hybridized carbons (Fsp3) is 0.500. The van der Waals surface area contributed by atoms with Gasteiger partial charge in [-0.1, -0.05) is 24.2 Å². The third-order valence-corrected chi connectivity index (χ3v) is 4.49. The number of likely N-dealkylation sites (tertiary alicyclic amines) is 1. The van der Waals surface area contributed by atoms with E-state index in [1.165, 1.54) is 0 Å². The molecular weight excluding hydrogens is 306 g/mol. The molecular formula is C18H23N3O3. The molecule has 24 heavy (non-hydrogen) atoms. The van der Waals surface area contributed by atoms with Crippen molar-refractivity contribution in [1.29, 1.82) is 0 Å². The third kappa shape index (κ3) is 3.75. The third-order valence-electron chi connectivity index (χ3n) is 4.49. The highest BCUT2D eigenvalue weighted by atomic mass is 16.6. The summed E-state index contributed by atoms with van der Waals surface area (Å²) in [5.41, 5.74) is 2.57. The molecule has 6 heteroatoms. The summed E-state index contributed by atoms with van der Waals surface area (Å²) >= 11 is 0. The average molecular weight is 329 g/mol. The number of nitrogens with one attached hydrogen (secondary N) is 1. The van der Waals surface area contributed by atoms with Gasteiger partial charge >= 0.3 is 0 Å². The second-order valence-corrected chi connectivity index (χ2v) is 6.22. The molecule has 128 valence electrons. The Kier molecular flexibility index (Phi) is 5.13. The first-order valence-electron chi connectivity index (χ1n) is 8.55. The summed E-state index contributed by atoms with van der Waals surface area (Å²) in [6.07, 6.45) is 3.02. The van der Waals surface area contributed by atoms with Gasteiger partial charge in [-0.15, -0.1) is 0 Å². The van der Waals surface area contributed by atoms with Crippen LogP contribution < -0.4 is 5.32 Å². The number of carbonyl (C=O) groups is 2. The van der Waals surface area contributed by atoms with Crippen LogP contribution in [0.15, 0.2) is 29.4 Å². The lowest BCUT2D eigenvalue weighted by molar-refractivity contribution is -0.131. The molecule has 2 aliphatic heterocycles. The van der Waals surface area contributed by atoms with Crippen molar-refractivity contribution in [2.45, 2.75) is 45.3 Å². The van der Waals surface area contributed by atoms with Crippen molar-refractivity contribution in [1.82, 2.24) is 10.2 Å². The smallest absolute Gasteiger partial charge is 0.264 e. The molecule has 0 saturated carbocycles. The zero-order chi connectivity index (χ0) is 16.9. The molecule has 1 N–H and O–H groups in total. The number of carbonyl (C=O) groups excluding carboxylic acids is 2. The summed E-state index contributed by atoms with van der Waals surface area (Å²) in [7, 11) is 0. The van der Waals surface area contributed by atoms with Crippen molar-refractivity contribution in [2.24, 2.45) is 5.16 Å². The fourth-order valence-corrected chi connectivity index (χ4v) is 2.95. The van der Waals surface area contributed by atoms with Crippen LogP contribution in [0, 0.1) is 0 Å². The van der Waals surface area contributed by atoms with Crippen molar-refractivity contribution in [3.05, 3.63) is 35.4 Å². The van der Waals surface area contributed by atoms with E-state index in [2.05, 4.69) is 10.5 Å². The fourth-order valence-electron chi connectivity index (χ4n) is 2.95. The molecule has 2 aliphatic rings. The lowest BCUT2D eigenvalue weighted by Gasteiger charge is -2.15. The molecule has 0 aromatic heterocycles.